The molecule has 0 fully saturated rings. The van der Waals surface area contributed by atoms with Crippen molar-refractivity contribution in [2.75, 3.05) is 0 Å². The van der Waals surface area contributed by atoms with E-state index in [-0.39, 0.29) is 18.4 Å². The largest absolute Gasteiger partial charge is 0.573 e. The van der Waals surface area contributed by atoms with Gasteiger partial charge in [-0.2, -0.15) is 5.10 Å². The number of ether oxygens (including phenoxy) is 1. The van der Waals surface area contributed by atoms with Crippen LogP contribution >= 0.6 is 0 Å². The van der Waals surface area contributed by atoms with Crippen LogP contribution < -0.4 is 4.74 Å². The van der Waals surface area contributed by atoms with Crippen molar-refractivity contribution in [2.45, 2.75) is 31.7 Å². The van der Waals surface area contributed by atoms with E-state index in [1.165, 1.54) is 11.1 Å². The van der Waals surface area contributed by atoms with Crippen molar-refractivity contribution in [2.24, 2.45) is 5.10 Å². The first kappa shape index (κ1) is 26.7. The van der Waals surface area contributed by atoms with Crippen LogP contribution in [0.1, 0.15) is 36.4 Å². The van der Waals surface area contributed by atoms with E-state index in [4.69, 9.17) is 5.11 Å². The number of alkyl halides is 3. The minimum atomic E-state index is -4.93. The third kappa shape index (κ3) is 5.90. The van der Waals surface area contributed by atoms with Gasteiger partial charge in [0.05, 0.1) is 29.2 Å². The molecular weight excluding hydrogens is 532 g/mol. The van der Waals surface area contributed by atoms with Gasteiger partial charge in [-0.3, -0.25) is 19.6 Å². The van der Waals surface area contributed by atoms with Gasteiger partial charge in [-0.15, -0.1) is 13.2 Å². The number of hydrazone groups is 1. The number of carbonyl (C=O) groups is 2. The molecule has 5 rings (SSSR count). The summed E-state index contributed by atoms with van der Waals surface area (Å²) in [6.45, 7) is 0. The van der Waals surface area contributed by atoms with Gasteiger partial charge in [0.2, 0.25) is 5.91 Å². The maximum Gasteiger partial charge on any atom is 0.573 e. The van der Waals surface area contributed by atoms with Crippen molar-refractivity contribution in [1.29, 1.82) is 0 Å². The molecule has 4 aromatic rings. The van der Waals surface area contributed by atoms with Crippen molar-refractivity contribution in [3.05, 3.63) is 90.0 Å². The topological polar surface area (TPSA) is 105 Å². The van der Waals surface area contributed by atoms with Crippen molar-refractivity contribution in [3.8, 4) is 16.9 Å². The molecule has 1 aliphatic heterocycles. The zero-order chi connectivity index (χ0) is 28.4. The van der Waals surface area contributed by atoms with Gasteiger partial charge < -0.3 is 9.84 Å². The molecule has 2 heterocycles. The van der Waals surface area contributed by atoms with E-state index in [1.807, 2.05) is 6.07 Å². The quantitative estimate of drug-likeness (QED) is 0.287. The summed E-state index contributed by atoms with van der Waals surface area (Å²) in [4.78, 5) is 32.6. The smallest absolute Gasteiger partial charge is 0.481 e. The van der Waals surface area contributed by atoms with Crippen molar-refractivity contribution >= 4 is 28.6 Å². The average molecular weight is 552 g/mol. The number of nitrogens with zero attached hydrogens (tertiary/aromatic N) is 4. The molecule has 204 valence electrons. The highest BCUT2D eigenvalue weighted by Crippen LogP contribution is 2.35. The Balaban J connectivity index is 1.42. The lowest BCUT2D eigenvalue weighted by molar-refractivity contribution is -0.274. The number of aromatic nitrogens is 2. The van der Waals surface area contributed by atoms with Crippen molar-refractivity contribution in [1.82, 2.24) is 15.0 Å². The molecule has 0 spiro atoms. The van der Waals surface area contributed by atoms with Crippen LogP contribution in [0.2, 0.25) is 0 Å². The molecule has 0 aliphatic carbocycles. The van der Waals surface area contributed by atoms with E-state index in [0.29, 0.717) is 40.4 Å². The van der Waals surface area contributed by atoms with Gasteiger partial charge >= 0.3 is 12.3 Å². The highest BCUT2D eigenvalue weighted by atomic mass is 19.4. The molecule has 0 saturated carbocycles. The van der Waals surface area contributed by atoms with Gasteiger partial charge in [-0.05, 0) is 41.0 Å². The summed E-state index contributed by atoms with van der Waals surface area (Å²) in [6, 6.07) is 14.3. The fourth-order valence-corrected chi connectivity index (χ4v) is 4.46. The van der Waals surface area contributed by atoms with Crippen molar-refractivity contribution in [3.63, 3.8) is 0 Å². The molecule has 0 saturated heterocycles. The van der Waals surface area contributed by atoms with Gasteiger partial charge in [0.1, 0.15) is 11.6 Å². The molecular formula is C28H20F4N4O4. The summed E-state index contributed by atoms with van der Waals surface area (Å²) in [7, 11) is 0. The number of carboxylic acid groups (broad SMARTS) is 1. The summed E-state index contributed by atoms with van der Waals surface area (Å²) in [5.41, 5.74) is 3.73. The molecule has 1 aromatic heterocycles. The number of fused-ring (bicyclic) bond motifs is 1. The zero-order valence-electron chi connectivity index (χ0n) is 20.6. The lowest BCUT2D eigenvalue weighted by atomic mass is 9.96. The maximum atomic E-state index is 14.6. The highest BCUT2D eigenvalue weighted by molar-refractivity contribution is 6.03. The number of hydrogen-bond donors (Lipinski definition) is 1. The number of halogens is 4. The molecule has 1 amide bonds. The fourth-order valence-electron chi connectivity index (χ4n) is 4.46. The molecule has 0 bridgehead atoms. The van der Waals surface area contributed by atoms with E-state index < -0.39 is 35.8 Å². The van der Waals surface area contributed by atoms with Crippen LogP contribution in [0.15, 0.2) is 78.2 Å². The number of aliphatic carboxylic acids is 1. The predicted octanol–water partition coefficient (Wildman–Crippen LogP) is 5.88. The number of amides is 1. The summed E-state index contributed by atoms with van der Waals surface area (Å²) in [5, 5.41) is 14.8. The first-order valence-electron chi connectivity index (χ1n) is 12.1. The first-order chi connectivity index (χ1) is 19.1. The van der Waals surface area contributed by atoms with Gasteiger partial charge in [0.15, 0.2) is 0 Å². The number of carbonyl (C=O) groups excluding carboxylic acids is 1. The second kappa shape index (κ2) is 10.7. The van der Waals surface area contributed by atoms with E-state index in [9.17, 15) is 27.2 Å². The summed E-state index contributed by atoms with van der Waals surface area (Å²) < 4.78 is 55.6. The molecule has 40 heavy (non-hydrogen) atoms. The number of rotatable bonds is 7. The Morgan fingerprint density at radius 3 is 2.30 bits per heavy atom. The Hall–Kier alpha value is -4.87. The first-order valence-corrected chi connectivity index (χ1v) is 12.1. The van der Waals surface area contributed by atoms with Crippen LogP contribution in [0.5, 0.6) is 5.75 Å². The van der Waals surface area contributed by atoms with Crippen LogP contribution in [-0.2, 0) is 9.59 Å². The Bertz CT molecular complexity index is 1620. The fraction of sp³-hybridized carbons (Fsp3) is 0.179. The van der Waals surface area contributed by atoms with Crippen LogP contribution in [0.3, 0.4) is 0 Å². The molecule has 8 nitrogen and oxygen atoms in total. The van der Waals surface area contributed by atoms with Crippen molar-refractivity contribution < 1.29 is 37.0 Å². The van der Waals surface area contributed by atoms with Gasteiger partial charge in [-0.1, -0.05) is 30.3 Å². The van der Waals surface area contributed by atoms with Crippen LogP contribution in [0.4, 0.5) is 17.6 Å². The Morgan fingerprint density at radius 1 is 0.925 bits per heavy atom. The SMILES string of the molecule is O=C(O)CCC(=O)N1N=C(c2ccc(-c3ccc(OC(F)(F)F)cc3F)cc2)CC1c1ccc2nccnc2c1. The van der Waals surface area contributed by atoms with Crippen LogP contribution in [-0.4, -0.2) is 44.0 Å². The summed E-state index contributed by atoms with van der Waals surface area (Å²) >= 11 is 0. The molecule has 3 aromatic carbocycles. The monoisotopic (exact) mass is 552 g/mol. The lowest BCUT2D eigenvalue weighted by Crippen LogP contribution is -2.27. The molecule has 1 N–H and O–H groups in total. The van der Waals surface area contributed by atoms with Gasteiger partial charge in [-0.25, -0.2) is 9.40 Å². The zero-order valence-corrected chi connectivity index (χ0v) is 20.6. The molecule has 1 aliphatic rings. The standard InChI is InChI=1S/C28H20F4N4O4/c29-21-14-19(40-28(30,31)32)6-7-20(21)16-1-3-17(4-2-16)23-15-25(36(35-23)26(37)9-10-27(38)39)18-5-8-22-24(13-18)34-12-11-33-22/h1-8,11-14,25H,9-10,15H2,(H,38,39). The second-order valence-corrected chi connectivity index (χ2v) is 8.97. The molecule has 0 radical (unpaired) electrons. The molecule has 1 atom stereocenters. The Labute approximate surface area is 224 Å². The van der Waals surface area contributed by atoms with Gasteiger partial charge in [0.25, 0.3) is 0 Å². The minimum Gasteiger partial charge on any atom is -0.481 e. The highest BCUT2D eigenvalue weighted by Gasteiger charge is 2.34. The van der Waals surface area contributed by atoms with Crippen LogP contribution in [0.25, 0.3) is 22.2 Å². The number of hydrogen-bond acceptors (Lipinski definition) is 6. The van der Waals surface area contributed by atoms with Gasteiger partial charge in [0, 0.05) is 36.9 Å². The maximum absolute atomic E-state index is 14.6. The third-order valence-electron chi connectivity index (χ3n) is 6.30. The predicted molar refractivity (Wildman–Crippen MR) is 136 cm³/mol. The average Bonchev–Trinajstić information content (AvgIpc) is 3.36. The Kier molecular flexibility index (Phi) is 7.16. The van der Waals surface area contributed by atoms with Crippen LogP contribution in [0, 0.1) is 5.82 Å². The summed E-state index contributed by atoms with van der Waals surface area (Å²) in [5.74, 6) is -3.11. The minimum absolute atomic E-state index is 0.0788. The number of benzene rings is 3. The Morgan fingerprint density at radius 2 is 1.62 bits per heavy atom. The van der Waals surface area contributed by atoms with E-state index in [2.05, 4.69) is 19.8 Å². The second-order valence-electron chi connectivity index (χ2n) is 8.97. The number of carboxylic acids is 1. The molecule has 12 heteroatoms. The lowest BCUT2D eigenvalue weighted by Gasteiger charge is -2.22. The van der Waals surface area contributed by atoms with E-state index in [0.717, 1.165) is 11.6 Å². The molecule has 1 unspecified atom stereocenters. The van der Waals surface area contributed by atoms with E-state index >= 15 is 0 Å². The van der Waals surface area contributed by atoms with E-state index in [1.54, 1.807) is 48.8 Å². The normalized spacial score (nSPS) is 15.2. The third-order valence-corrected chi connectivity index (χ3v) is 6.30. The summed E-state index contributed by atoms with van der Waals surface area (Å²) in [6.07, 6.45) is -2.06.